The Morgan fingerprint density at radius 1 is 1.37 bits per heavy atom. The predicted molar refractivity (Wildman–Crippen MR) is 69.7 cm³/mol. The van der Waals surface area contributed by atoms with Crippen LogP contribution in [0.15, 0.2) is 33.5 Å². The number of benzene rings is 1. The molecule has 5 nitrogen and oxygen atoms in total. The second kappa shape index (κ2) is 5.14. The van der Waals surface area contributed by atoms with Crippen LogP contribution in [0.5, 0.6) is 5.75 Å². The first kappa shape index (κ1) is 13.1. The van der Waals surface area contributed by atoms with Crippen molar-refractivity contribution in [3.8, 4) is 5.75 Å². The Kier molecular flexibility index (Phi) is 3.55. The van der Waals surface area contributed by atoms with E-state index in [1.54, 1.807) is 24.3 Å². The molecule has 100 valence electrons. The third-order valence-corrected chi connectivity index (χ3v) is 2.71. The summed E-state index contributed by atoms with van der Waals surface area (Å²) in [6.07, 6.45) is 0. The molecule has 0 bridgehead atoms. The zero-order valence-electron chi connectivity index (χ0n) is 10.7. The van der Waals surface area contributed by atoms with E-state index in [1.807, 2.05) is 13.8 Å². The molecule has 0 unspecified atom stereocenters. The smallest absolute Gasteiger partial charge is 0.341 e. The molecule has 1 N–H and O–H groups in total. The van der Waals surface area contributed by atoms with Gasteiger partial charge in [-0.05, 0) is 30.2 Å². The molecule has 0 atom stereocenters. The fourth-order valence-corrected chi connectivity index (χ4v) is 1.75. The third kappa shape index (κ3) is 2.93. The van der Waals surface area contributed by atoms with Crippen LogP contribution < -0.4 is 10.4 Å². The van der Waals surface area contributed by atoms with Crippen LogP contribution in [0, 0.1) is 0 Å². The molecule has 0 amide bonds. The summed E-state index contributed by atoms with van der Waals surface area (Å²) in [7, 11) is 0. The molecule has 5 heteroatoms. The van der Waals surface area contributed by atoms with Crippen LogP contribution >= 0.6 is 0 Å². The minimum atomic E-state index is -1.04. The number of hydrogen-bond donors (Lipinski definition) is 1. The lowest BCUT2D eigenvalue weighted by atomic mass is 10.0. The molecule has 0 saturated carbocycles. The SMILES string of the molecule is CC(C)c1cc2cc(OCC(=O)O)ccc2oc1=O. The lowest BCUT2D eigenvalue weighted by molar-refractivity contribution is -0.139. The lowest BCUT2D eigenvalue weighted by Gasteiger charge is -2.07. The Hall–Kier alpha value is -2.30. The van der Waals surface area contributed by atoms with E-state index in [0.29, 0.717) is 22.3 Å². The highest BCUT2D eigenvalue weighted by atomic mass is 16.5. The number of carboxylic acid groups (broad SMARTS) is 1. The maximum atomic E-state index is 11.7. The Bertz CT molecular complexity index is 669. The molecule has 0 aliphatic rings. The van der Waals surface area contributed by atoms with Crippen LogP contribution in [0.2, 0.25) is 0 Å². The van der Waals surface area contributed by atoms with Gasteiger partial charge in [-0.1, -0.05) is 13.8 Å². The van der Waals surface area contributed by atoms with Gasteiger partial charge in [0, 0.05) is 10.9 Å². The molecule has 19 heavy (non-hydrogen) atoms. The Balaban J connectivity index is 2.43. The van der Waals surface area contributed by atoms with Crippen molar-refractivity contribution in [2.75, 3.05) is 6.61 Å². The number of ether oxygens (including phenoxy) is 1. The minimum Gasteiger partial charge on any atom is -0.482 e. The van der Waals surface area contributed by atoms with E-state index in [1.165, 1.54) is 0 Å². The lowest BCUT2D eigenvalue weighted by Crippen LogP contribution is -2.10. The molecule has 1 aromatic carbocycles. The van der Waals surface area contributed by atoms with Gasteiger partial charge in [-0.3, -0.25) is 0 Å². The summed E-state index contributed by atoms with van der Waals surface area (Å²) in [5, 5.41) is 9.27. The average Bonchev–Trinajstić information content (AvgIpc) is 2.35. The average molecular weight is 262 g/mol. The molecule has 0 aliphatic heterocycles. The highest BCUT2D eigenvalue weighted by Crippen LogP contribution is 2.22. The predicted octanol–water partition coefficient (Wildman–Crippen LogP) is 2.38. The molecule has 0 fully saturated rings. The molecule has 2 rings (SSSR count). The summed E-state index contributed by atoms with van der Waals surface area (Å²) in [5.74, 6) is -0.551. The largest absolute Gasteiger partial charge is 0.482 e. The van der Waals surface area contributed by atoms with Crippen LogP contribution in [0.3, 0.4) is 0 Å². The minimum absolute atomic E-state index is 0.0595. The van der Waals surface area contributed by atoms with Gasteiger partial charge in [0.15, 0.2) is 6.61 Å². The first-order valence-electron chi connectivity index (χ1n) is 5.90. The maximum Gasteiger partial charge on any atom is 0.341 e. The number of carboxylic acids is 1. The van der Waals surface area contributed by atoms with E-state index in [9.17, 15) is 9.59 Å². The van der Waals surface area contributed by atoms with Crippen LogP contribution in [0.4, 0.5) is 0 Å². The van der Waals surface area contributed by atoms with Crippen molar-refractivity contribution in [3.63, 3.8) is 0 Å². The summed E-state index contributed by atoms with van der Waals surface area (Å²) in [6.45, 7) is 3.41. The summed E-state index contributed by atoms with van der Waals surface area (Å²) >= 11 is 0. The van der Waals surface area contributed by atoms with E-state index in [2.05, 4.69) is 0 Å². The van der Waals surface area contributed by atoms with Gasteiger partial charge >= 0.3 is 11.6 Å². The second-order valence-corrected chi connectivity index (χ2v) is 4.53. The molecule has 0 spiro atoms. The molecule has 2 aromatic rings. The summed E-state index contributed by atoms with van der Waals surface area (Å²) < 4.78 is 10.3. The normalized spacial score (nSPS) is 10.9. The molecular formula is C14H14O5. The van der Waals surface area contributed by atoms with E-state index in [4.69, 9.17) is 14.3 Å². The van der Waals surface area contributed by atoms with Gasteiger partial charge < -0.3 is 14.3 Å². The number of hydrogen-bond acceptors (Lipinski definition) is 4. The number of aliphatic carboxylic acids is 1. The van der Waals surface area contributed by atoms with E-state index in [-0.39, 0.29) is 11.5 Å². The summed E-state index contributed by atoms with van der Waals surface area (Å²) in [6, 6.07) is 6.58. The molecule has 0 saturated heterocycles. The first-order chi connectivity index (χ1) is 8.97. The van der Waals surface area contributed by atoms with E-state index in [0.717, 1.165) is 0 Å². The Labute approximate surface area is 109 Å². The highest BCUT2D eigenvalue weighted by Gasteiger charge is 2.09. The topological polar surface area (TPSA) is 76.7 Å². The highest BCUT2D eigenvalue weighted by molar-refractivity contribution is 5.79. The van der Waals surface area contributed by atoms with Crippen molar-refractivity contribution in [3.05, 3.63) is 40.2 Å². The van der Waals surface area contributed by atoms with Gasteiger partial charge in [0.05, 0.1) is 0 Å². The Morgan fingerprint density at radius 2 is 2.11 bits per heavy atom. The van der Waals surface area contributed by atoms with Crippen molar-refractivity contribution in [1.82, 2.24) is 0 Å². The van der Waals surface area contributed by atoms with Crippen LogP contribution in [0.25, 0.3) is 11.0 Å². The molecular weight excluding hydrogens is 248 g/mol. The van der Waals surface area contributed by atoms with Crippen molar-refractivity contribution < 1.29 is 19.1 Å². The second-order valence-electron chi connectivity index (χ2n) is 4.53. The number of carbonyl (C=O) groups is 1. The van der Waals surface area contributed by atoms with Crippen LogP contribution in [0.1, 0.15) is 25.3 Å². The zero-order valence-corrected chi connectivity index (χ0v) is 10.7. The molecule has 1 heterocycles. The van der Waals surface area contributed by atoms with Gasteiger partial charge in [0.2, 0.25) is 0 Å². The van der Waals surface area contributed by atoms with E-state index < -0.39 is 12.6 Å². The summed E-state index contributed by atoms with van der Waals surface area (Å²) in [4.78, 5) is 22.1. The van der Waals surface area contributed by atoms with Crippen molar-refractivity contribution in [2.24, 2.45) is 0 Å². The quantitative estimate of drug-likeness (QED) is 0.856. The van der Waals surface area contributed by atoms with Gasteiger partial charge in [0.25, 0.3) is 0 Å². The fourth-order valence-electron chi connectivity index (χ4n) is 1.75. The number of fused-ring (bicyclic) bond motifs is 1. The van der Waals surface area contributed by atoms with Gasteiger partial charge in [-0.25, -0.2) is 9.59 Å². The molecule has 0 aliphatic carbocycles. The summed E-state index contributed by atoms with van der Waals surface area (Å²) in [5.41, 5.74) is 0.696. The van der Waals surface area contributed by atoms with Crippen molar-refractivity contribution in [2.45, 2.75) is 19.8 Å². The van der Waals surface area contributed by atoms with Crippen molar-refractivity contribution in [1.29, 1.82) is 0 Å². The number of rotatable bonds is 4. The van der Waals surface area contributed by atoms with E-state index >= 15 is 0 Å². The van der Waals surface area contributed by atoms with Crippen LogP contribution in [-0.2, 0) is 4.79 Å². The van der Waals surface area contributed by atoms with Gasteiger partial charge in [-0.15, -0.1) is 0 Å². The van der Waals surface area contributed by atoms with Gasteiger partial charge in [0.1, 0.15) is 11.3 Å². The first-order valence-corrected chi connectivity index (χ1v) is 5.90. The van der Waals surface area contributed by atoms with Crippen molar-refractivity contribution >= 4 is 16.9 Å². The standard InChI is InChI=1S/C14H14O5/c1-8(2)11-6-9-5-10(18-7-13(15)16)3-4-12(9)19-14(11)17/h3-6,8H,7H2,1-2H3,(H,15,16). The maximum absolute atomic E-state index is 11.7. The van der Waals surface area contributed by atoms with Crippen LogP contribution in [-0.4, -0.2) is 17.7 Å². The third-order valence-electron chi connectivity index (χ3n) is 2.71. The molecule has 1 aromatic heterocycles. The van der Waals surface area contributed by atoms with Gasteiger partial charge in [-0.2, -0.15) is 0 Å². The monoisotopic (exact) mass is 262 g/mol. The Morgan fingerprint density at radius 3 is 2.74 bits per heavy atom. The molecule has 0 radical (unpaired) electrons. The zero-order chi connectivity index (χ0) is 14.0. The fraction of sp³-hybridized carbons (Fsp3) is 0.286.